The Balaban J connectivity index is 2.09. The van der Waals surface area contributed by atoms with Gasteiger partial charge in [-0.2, -0.15) is 0 Å². The molecule has 130 valence electrons. The Kier molecular flexibility index (Phi) is 5.98. The van der Waals surface area contributed by atoms with Gasteiger partial charge in [-0.15, -0.1) is 0 Å². The fourth-order valence-corrected chi connectivity index (χ4v) is 3.86. The quantitative estimate of drug-likeness (QED) is 0.857. The maximum absolute atomic E-state index is 10.5. The van der Waals surface area contributed by atoms with Gasteiger partial charge in [-0.25, -0.2) is 0 Å². The Morgan fingerprint density at radius 1 is 1.22 bits per heavy atom. The van der Waals surface area contributed by atoms with Crippen molar-refractivity contribution in [1.29, 1.82) is 0 Å². The summed E-state index contributed by atoms with van der Waals surface area (Å²) in [4.78, 5) is 2.30. The molecule has 1 heterocycles. The third-order valence-electron chi connectivity index (χ3n) is 4.72. The molecule has 1 fully saturated rings. The molecular weight excluding hydrogens is 358 g/mol. The van der Waals surface area contributed by atoms with Crippen molar-refractivity contribution in [3.8, 4) is 11.5 Å². The molecule has 2 atom stereocenters. The summed E-state index contributed by atoms with van der Waals surface area (Å²) in [6.45, 7) is 9.13. The zero-order valence-corrected chi connectivity index (χ0v) is 16.3. The second-order valence-electron chi connectivity index (χ2n) is 7.36. The van der Waals surface area contributed by atoms with E-state index in [0.29, 0.717) is 12.5 Å². The molecule has 0 amide bonds. The van der Waals surface area contributed by atoms with Crippen LogP contribution < -0.4 is 9.47 Å². The Morgan fingerprint density at radius 3 is 2.35 bits per heavy atom. The fraction of sp³-hybridized carbons (Fsp3) is 0.667. The number of ether oxygens (including phenoxy) is 2. The highest BCUT2D eigenvalue weighted by atomic mass is 79.9. The molecule has 0 bridgehead atoms. The van der Waals surface area contributed by atoms with Gasteiger partial charge >= 0.3 is 0 Å². The van der Waals surface area contributed by atoms with Crippen LogP contribution in [0.5, 0.6) is 11.5 Å². The van der Waals surface area contributed by atoms with Crippen LogP contribution in [0.2, 0.25) is 0 Å². The van der Waals surface area contributed by atoms with Crippen LogP contribution in [0.15, 0.2) is 16.6 Å². The zero-order valence-electron chi connectivity index (χ0n) is 14.7. The van der Waals surface area contributed by atoms with Crippen LogP contribution in [0.25, 0.3) is 0 Å². The zero-order chi connectivity index (χ0) is 17.2. The van der Waals surface area contributed by atoms with Gasteiger partial charge in [-0.1, -0.05) is 36.7 Å². The highest BCUT2D eigenvalue weighted by molar-refractivity contribution is 9.10. The van der Waals surface area contributed by atoms with Gasteiger partial charge in [0.15, 0.2) is 11.5 Å². The van der Waals surface area contributed by atoms with Crippen molar-refractivity contribution < 1.29 is 14.6 Å². The summed E-state index contributed by atoms with van der Waals surface area (Å²) in [5.41, 5.74) is 1.29. The predicted molar refractivity (Wildman–Crippen MR) is 96.1 cm³/mol. The Bertz CT molecular complexity index is 542. The van der Waals surface area contributed by atoms with Crippen LogP contribution in [-0.2, 0) is 6.54 Å². The first-order chi connectivity index (χ1) is 10.8. The molecule has 1 aromatic rings. The molecule has 5 heteroatoms. The van der Waals surface area contributed by atoms with Crippen LogP contribution in [0.4, 0.5) is 0 Å². The number of aliphatic hydroxyl groups excluding tert-OH is 1. The normalized spacial score (nSPS) is 22.9. The van der Waals surface area contributed by atoms with E-state index in [1.165, 1.54) is 0 Å². The van der Waals surface area contributed by atoms with Crippen LogP contribution in [0.1, 0.15) is 32.8 Å². The summed E-state index contributed by atoms with van der Waals surface area (Å²) >= 11 is 3.61. The van der Waals surface area contributed by atoms with Gasteiger partial charge in [0.1, 0.15) is 0 Å². The van der Waals surface area contributed by atoms with Gasteiger partial charge in [0.25, 0.3) is 0 Å². The standard InChI is InChI=1S/C18H28BrNO3/c1-18(2,3)13-6-7-20(11-15(13)21)10-12-8-16(22-4)17(23-5)9-14(12)19/h8-9,13,15,21H,6-7,10-11H2,1-5H3. The molecule has 2 rings (SSSR count). The smallest absolute Gasteiger partial charge is 0.161 e. The number of piperidine rings is 1. The van der Waals surface area contributed by atoms with E-state index in [9.17, 15) is 5.11 Å². The average molecular weight is 386 g/mol. The lowest BCUT2D eigenvalue weighted by molar-refractivity contribution is -0.0265. The molecule has 1 aromatic carbocycles. The van der Waals surface area contributed by atoms with Crippen molar-refractivity contribution in [3.63, 3.8) is 0 Å². The second kappa shape index (κ2) is 7.41. The van der Waals surface area contributed by atoms with Crippen molar-refractivity contribution >= 4 is 15.9 Å². The number of β-amino-alcohol motifs (C(OH)–C–C–N with tert-alkyl or cyclic N) is 1. The molecule has 1 N–H and O–H groups in total. The number of rotatable bonds is 4. The van der Waals surface area contributed by atoms with E-state index in [4.69, 9.17) is 9.47 Å². The van der Waals surface area contributed by atoms with E-state index in [0.717, 1.165) is 41.0 Å². The first-order valence-corrected chi connectivity index (χ1v) is 8.86. The van der Waals surface area contributed by atoms with Crippen molar-refractivity contribution in [2.24, 2.45) is 11.3 Å². The van der Waals surface area contributed by atoms with Gasteiger partial charge in [0, 0.05) is 17.6 Å². The number of methoxy groups -OCH3 is 2. The summed E-state index contributed by atoms with van der Waals surface area (Å²) in [7, 11) is 3.28. The van der Waals surface area contributed by atoms with Gasteiger partial charge < -0.3 is 14.6 Å². The SMILES string of the molecule is COc1cc(Br)c(CN2CCC(C(C)(C)C)C(O)C2)cc1OC. The van der Waals surface area contributed by atoms with Crippen LogP contribution in [0, 0.1) is 11.3 Å². The largest absolute Gasteiger partial charge is 0.493 e. The molecular formula is C18H28BrNO3. The third-order valence-corrected chi connectivity index (χ3v) is 5.46. The first kappa shape index (κ1) is 18.6. The minimum Gasteiger partial charge on any atom is -0.493 e. The number of hydrogen-bond acceptors (Lipinski definition) is 4. The number of hydrogen-bond donors (Lipinski definition) is 1. The van der Waals surface area contributed by atoms with Crippen molar-refractivity contribution in [2.75, 3.05) is 27.3 Å². The second-order valence-corrected chi connectivity index (χ2v) is 8.22. The summed E-state index contributed by atoms with van der Waals surface area (Å²) in [5.74, 6) is 1.80. The topological polar surface area (TPSA) is 41.9 Å². The fourth-order valence-electron chi connectivity index (χ4n) is 3.41. The lowest BCUT2D eigenvalue weighted by Gasteiger charge is -2.42. The van der Waals surface area contributed by atoms with E-state index >= 15 is 0 Å². The Labute approximate surface area is 147 Å². The molecule has 0 aliphatic carbocycles. The minimum atomic E-state index is -0.275. The third kappa shape index (κ3) is 4.40. The number of halogens is 1. The van der Waals surface area contributed by atoms with Crippen LogP contribution in [0.3, 0.4) is 0 Å². The molecule has 2 unspecified atom stereocenters. The molecule has 1 saturated heterocycles. The van der Waals surface area contributed by atoms with Crippen molar-refractivity contribution in [1.82, 2.24) is 4.90 Å². The average Bonchev–Trinajstić information content (AvgIpc) is 2.47. The minimum absolute atomic E-state index is 0.148. The molecule has 0 saturated carbocycles. The number of benzene rings is 1. The molecule has 0 spiro atoms. The highest BCUT2D eigenvalue weighted by Gasteiger charge is 2.35. The Hall–Kier alpha value is -0.780. The number of likely N-dealkylation sites (tertiary alicyclic amines) is 1. The van der Waals surface area contributed by atoms with E-state index in [-0.39, 0.29) is 11.5 Å². The monoisotopic (exact) mass is 385 g/mol. The van der Waals surface area contributed by atoms with Gasteiger partial charge in [-0.05, 0) is 42.0 Å². The number of nitrogens with zero attached hydrogens (tertiary/aromatic N) is 1. The summed E-state index contributed by atoms with van der Waals surface area (Å²) in [5, 5.41) is 10.5. The van der Waals surface area contributed by atoms with Crippen molar-refractivity contribution in [2.45, 2.75) is 39.8 Å². The lowest BCUT2D eigenvalue weighted by atomic mass is 9.73. The van der Waals surface area contributed by atoms with E-state index in [1.807, 2.05) is 12.1 Å². The number of aliphatic hydroxyl groups is 1. The summed E-state index contributed by atoms with van der Waals surface area (Å²) in [6.07, 6.45) is 0.748. The molecule has 23 heavy (non-hydrogen) atoms. The highest BCUT2D eigenvalue weighted by Crippen LogP contribution is 2.37. The van der Waals surface area contributed by atoms with E-state index in [1.54, 1.807) is 14.2 Å². The van der Waals surface area contributed by atoms with Gasteiger partial charge in [0.2, 0.25) is 0 Å². The Morgan fingerprint density at radius 2 is 1.83 bits per heavy atom. The molecule has 0 radical (unpaired) electrons. The van der Waals surface area contributed by atoms with Gasteiger partial charge in [0.05, 0.1) is 20.3 Å². The first-order valence-electron chi connectivity index (χ1n) is 8.07. The molecule has 4 nitrogen and oxygen atoms in total. The molecule has 1 aliphatic rings. The molecule has 1 aliphatic heterocycles. The lowest BCUT2D eigenvalue weighted by Crippen LogP contribution is -2.47. The van der Waals surface area contributed by atoms with Gasteiger partial charge in [-0.3, -0.25) is 4.90 Å². The summed E-state index contributed by atoms with van der Waals surface area (Å²) < 4.78 is 11.7. The summed E-state index contributed by atoms with van der Waals surface area (Å²) in [6, 6.07) is 3.94. The van der Waals surface area contributed by atoms with E-state index < -0.39 is 0 Å². The predicted octanol–water partition coefficient (Wildman–Crippen LogP) is 3.70. The van der Waals surface area contributed by atoms with E-state index in [2.05, 4.69) is 41.6 Å². The van der Waals surface area contributed by atoms with Crippen LogP contribution >= 0.6 is 15.9 Å². The maximum atomic E-state index is 10.5. The molecule has 0 aromatic heterocycles. The van der Waals surface area contributed by atoms with Crippen molar-refractivity contribution in [3.05, 3.63) is 22.2 Å². The maximum Gasteiger partial charge on any atom is 0.161 e. The van der Waals surface area contributed by atoms with Crippen LogP contribution in [-0.4, -0.2) is 43.4 Å².